The Morgan fingerprint density at radius 2 is 2.04 bits per heavy atom. The molecule has 0 amide bonds. The van der Waals surface area contributed by atoms with Crippen LogP contribution >= 0.6 is 0 Å². The Kier molecular flexibility index (Phi) is 5.34. The molecule has 2 bridgehead atoms. The fraction of sp³-hybridized carbons (Fsp3) is 0.619. The minimum Gasteiger partial charge on any atom is -0.357 e. The lowest BCUT2D eigenvalue weighted by molar-refractivity contribution is 0.0526. The number of nitrogens with one attached hydrogen (secondary N) is 2. The Morgan fingerprint density at radius 1 is 1.26 bits per heavy atom. The Bertz CT molecular complexity index is 796. The van der Waals surface area contributed by atoms with Crippen molar-refractivity contribution in [2.75, 3.05) is 13.6 Å². The third kappa shape index (κ3) is 3.95. The van der Waals surface area contributed by atoms with Crippen LogP contribution in [0.1, 0.15) is 50.4 Å². The zero-order valence-electron chi connectivity index (χ0n) is 16.8. The van der Waals surface area contributed by atoms with Crippen molar-refractivity contribution < 1.29 is 0 Å². The van der Waals surface area contributed by atoms with Gasteiger partial charge in [-0.15, -0.1) is 0 Å². The van der Waals surface area contributed by atoms with Gasteiger partial charge < -0.3 is 19.9 Å². The third-order valence-corrected chi connectivity index (χ3v) is 6.17. The zero-order chi connectivity index (χ0) is 18.8. The summed E-state index contributed by atoms with van der Waals surface area (Å²) in [5.74, 6) is 0.916. The first-order chi connectivity index (χ1) is 13.1. The molecule has 2 aromatic rings. The summed E-state index contributed by atoms with van der Waals surface area (Å²) in [6.07, 6.45) is 8.57. The Morgan fingerprint density at radius 3 is 2.74 bits per heavy atom. The summed E-state index contributed by atoms with van der Waals surface area (Å²) in [5.41, 5.74) is 3.18. The van der Waals surface area contributed by atoms with Gasteiger partial charge in [0, 0.05) is 36.6 Å². The monoisotopic (exact) mass is 368 g/mol. The van der Waals surface area contributed by atoms with Gasteiger partial charge in [0.25, 0.3) is 0 Å². The van der Waals surface area contributed by atoms with Crippen LogP contribution in [0.3, 0.4) is 0 Å². The van der Waals surface area contributed by atoms with Gasteiger partial charge in [0.1, 0.15) is 5.65 Å². The molecule has 2 fully saturated rings. The van der Waals surface area contributed by atoms with Crippen LogP contribution in [0.25, 0.3) is 5.65 Å². The maximum absolute atomic E-state index is 4.82. The van der Waals surface area contributed by atoms with Gasteiger partial charge in [0.2, 0.25) is 0 Å². The number of aryl methyl sites for hydroxylation is 1. The zero-order valence-corrected chi connectivity index (χ0v) is 16.8. The van der Waals surface area contributed by atoms with Crippen LogP contribution in [0.4, 0.5) is 0 Å². The third-order valence-electron chi connectivity index (χ3n) is 6.17. The number of rotatable bonds is 4. The van der Waals surface area contributed by atoms with E-state index in [0.717, 1.165) is 35.9 Å². The number of hydrogen-bond donors (Lipinski definition) is 2. The number of aromatic nitrogens is 2. The van der Waals surface area contributed by atoms with Crippen molar-refractivity contribution in [2.24, 2.45) is 4.99 Å². The van der Waals surface area contributed by atoms with E-state index >= 15 is 0 Å². The van der Waals surface area contributed by atoms with E-state index in [1.54, 1.807) is 0 Å². The molecule has 2 aliphatic heterocycles. The van der Waals surface area contributed by atoms with Crippen LogP contribution < -0.4 is 10.6 Å². The lowest BCUT2D eigenvalue weighted by Gasteiger charge is -2.47. The molecule has 2 unspecified atom stereocenters. The number of hydrogen-bond acceptors (Lipinski definition) is 3. The molecule has 2 atom stereocenters. The summed E-state index contributed by atoms with van der Waals surface area (Å²) in [4.78, 5) is 12.1. The van der Waals surface area contributed by atoms with Crippen molar-refractivity contribution in [1.29, 1.82) is 0 Å². The highest BCUT2D eigenvalue weighted by Crippen LogP contribution is 2.32. The molecular weight excluding hydrogens is 336 g/mol. The average Bonchev–Trinajstić information content (AvgIpc) is 3.05. The highest BCUT2D eigenvalue weighted by atomic mass is 15.2. The van der Waals surface area contributed by atoms with Crippen LogP contribution in [0.2, 0.25) is 0 Å². The number of fused-ring (bicyclic) bond motifs is 3. The van der Waals surface area contributed by atoms with Gasteiger partial charge in [-0.05, 0) is 58.7 Å². The molecule has 6 heteroatoms. The summed E-state index contributed by atoms with van der Waals surface area (Å²) in [5, 5.41) is 7.11. The molecule has 0 radical (unpaired) electrons. The van der Waals surface area contributed by atoms with Gasteiger partial charge in [-0.1, -0.05) is 12.5 Å². The van der Waals surface area contributed by atoms with Crippen molar-refractivity contribution in [1.82, 2.24) is 24.9 Å². The average molecular weight is 369 g/mol. The van der Waals surface area contributed by atoms with E-state index in [1.165, 1.54) is 37.8 Å². The van der Waals surface area contributed by atoms with Crippen LogP contribution in [-0.4, -0.2) is 52.0 Å². The predicted octanol–water partition coefficient (Wildman–Crippen LogP) is 2.71. The molecule has 4 heterocycles. The first kappa shape index (κ1) is 18.3. The van der Waals surface area contributed by atoms with E-state index in [2.05, 4.69) is 53.1 Å². The summed E-state index contributed by atoms with van der Waals surface area (Å²) < 4.78 is 2.13. The number of nitrogens with zero attached hydrogens (tertiary/aromatic N) is 4. The summed E-state index contributed by atoms with van der Waals surface area (Å²) >= 11 is 0. The van der Waals surface area contributed by atoms with E-state index in [9.17, 15) is 0 Å². The Balaban J connectivity index is 1.44. The molecule has 146 valence electrons. The lowest BCUT2D eigenvalue weighted by atomic mass is 9.82. The first-order valence-corrected chi connectivity index (χ1v) is 10.3. The first-order valence-electron chi connectivity index (χ1n) is 10.3. The minimum absolute atomic E-state index is 0.512. The Hall–Kier alpha value is -2.08. The van der Waals surface area contributed by atoms with Crippen LogP contribution in [0.15, 0.2) is 29.4 Å². The van der Waals surface area contributed by atoms with Crippen LogP contribution in [0, 0.1) is 6.92 Å². The number of pyridine rings is 1. The minimum atomic E-state index is 0.512. The number of imidazole rings is 1. The number of guanidine groups is 1. The molecule has 2 aromatic heterocycles. The second kappa shape index (κ2) is 7.89. The normalized spacial score (nSPS) is 26.3. The highest BCUT2D eigenvalue weighted by molar-refractivity contribution is 5.80. The number of aliphatic imine (C=N–C) groups is 1. The fourth-order valence-corrected chi connectivity index (χ4v) is 4.68. The van der Waals surface area contributed by atoms with E-state index in [4.69, 9.17) is 9.98 Å². The largest absolute Gasteiger partial charge is 0.357 e. The molecule has 2 aliphatic rings. The SMILES string of the molecule is CCNC(=NCc1cn2c(C)cccc2n1)NC1CC2CCCC(C1)N2C. The maximum Gasteiger partial charge on any atom is 0.191 e. The predicted molar refractivity (Wildman–Crippen MR) is 110 cm³/mol. The second-order valence-corrected chi connectivity index (χ2v) is 8.04. The summed E-state index contributed by atoms with van der Waals surface area (Å²) in [7, 11) is 2.30. The fourth-order valence-electron chi connectivity index (χ4n) is 4.68. The molecule has 2 N–H and O–H groups in total. The van der Waals surface area contributed by atoms with Gasteiger partial charge in [-0.3, -0.25) is 0 Å². The summed E-state index contributed by atoms with van der Waals surface area (Å²) in [6.45, 7) is 5.69. The molecule has 6 nitrogen and oxygen atoms in total. The van der Waals surface area contributed by atoms with Crippen molar-refractivity contribution in [3.63, 3.8) is 0 Å². The molecule has 2 saturated heterocycles. The highest BCUT2D eigenvalue weighted by Gasteiger charge is 2.36. The van der Waals surface area contributed by atoms with E-state index in [-0.39, 0.29) is 0 Å². The molecule has 0 saturated carbocycles. The second-order valence-electron chi connectivity index (χ2n) is 8.04. The van der Waals surface area contributed by atoms with Crippen molar-refractivity contribution >= 4 is 11.6 Å². The topological polar surface area (TPSA) is 57.0 Å². The summed E-state index contributed by atoms with van der Waals surface area (Å²) in [6, 6.07) is 8.15. The quantitative estimate of drug-likeness (QED) is 0.644. The van der Waals surface area contributed by atoms with Gasteiger partial charge >= 0.3 is 0 Å². The molecule has 0 spiro atoms. The smallest absolute Gasteiger partial charge is 0.191 e. The van der Waals surface area contributed by atoms with Gasteiger partial charge in [-0.25, -0.2) is 9.98 Å². The molecule has 4 rings (SSSR count). The lowest BCUT2D eigenvalue weighted by Crippen LogP contribution is -2.56. The maximum atomic E-state index is 4.82. The van der Waals surface area contributed by atoms with Gasteiger partial charge in [-0.2, -0.15) is 0 Å². The van der Waals surface area contributed by atoms with E-state index < -0.39 is 0 Å². The van der Waals surface area contributed by atoms with Crippen molar-refractivity contribution in [2.45, 2.75) is 70.6 Å². The van der Waals surface area contributed by atoms with Crippen molar-refractivity contribution in [3.05, 3.63) is 35.8 Å². The van der Waals surface area contributed by atoms with E-state index in [1.807, 2.05) is 12.1 Å². The Labute approximate surface area is 162 Å². The van der Waals surface area contributed by atoms with Gasteiger partial charge in [0.05, 0.1) is 12.2 Å². The standard InChI is InChI=1S/C21H32N6/c1-4-22-21(25-16-11-18-8-6-9-19(12-16)26(18)3)23-13-17-14-27-15(2)7-5-10-20(27)24-17/h5,7,10,14,16,18-19H,4,6,8-9,11-13H2,1-3H3,(H2,22,23,25). The van der Waals surface area contributed by atoms with Gasteiger partial charge in [0.15, 0.2) is 5.96 Å². The van der Waals surface area contributed by atoms with E-state index in [0.29, 0.717) is 12.6 Å². The molecular formula is C21H32N6. The molecule has 0 aliphatic carbocycles. The van der Waals surface area contributed by atoms with Crippen LogP contribution in [0.5, 0.6) is 0 Å². The molecule has 27 heavy (non-hydrogen) atoms. The number of piperidine rings is 2. The molecule has 0 aromatic carbocycles. The van der Waals surface area contributed by atoms with Crippen LogP contribution in [-0.2, 0) is 6.54 Å². The van der Waals surface area contributed by atoms with Crippen molar-refractivity contribution in [3.8, 4) is 0 Å².